The van der Waals surface area contributed by atoms with E-state index in [1.807, 2.05) is 0 Å². The summed E-state index contributed by atoms with van der Waals surface area (Å²) in [6.45, 7) is -1.43. The van der Waals surface area contributed by atoms with Gasteiger partial charge in [0.25, 0.3) is 0 Å². The van der Waals surface area contributed by atoms with Crippen LogP contribution in [0.1, 0.15) is 22.3 Å². The predicted octanol–water partition coefficient (Wildman–Crippen LogP) is 7.02. The highest BCUT2D eigenvalue weighted by molar-refractivity contribution is 5.67. The highest BCUT2D eigenvalue weighted by Crippen LogP contribution is 2.49. The van der Waals surface area contributed by atoms with Gasteiger partial charge in [0, 0.05) is 17.6 Å². The first-order valence-electron chi connectivity index (χ1n) is 11.3. The first kappa shape index (κ1) is 28.5. The van der Waals surface area contributed by atoms with Crippen molar-refractivity contribution in [2.45, 2.75) is 36.7 Å². The Morgan fingerprint density at radius 2 is 1.56 bits per heavy atom. The van der Waals surface area contributed by atoms with Crippen LogP contribution >= 0.6 is 0 Å². The van der Waals surface area contributed by atoms with E-state index in [9.17, 15) is 49.0 Å². The fourth-order valence-electron chi connectivity index (χ4n) is 4.86. The molecular formula is C26H19F10NO2. The van der Waals surface area contributed by atoms with Crippen LogP contribution in [-0.2, 0) is 18.0 Å². The van der Waals surface area contributed by atoms with Gasteiger partial charge in [-0.1, -0.05) is 30.3 Å². The number of aliphatic hydroxyl groups excluding tert-OH is 1. The Morgan fingerprint density at radius 1 is 0.872 bits per heavy atom. The first-order valence-corrected chi connectivity index (χ1v) is 11.3. The third-order valence-electron chi connectivity index (χ3n) is 6.41. The van der Waals surface area contributed by atoms with Gasteiger partial charge in [-0.2, -0.15) is 26.3 Å². The summed E-state index contributed by atoms with van der Waals surface area (Å²) in [6.07, 6.45) is -18.2. The van der Waals surface area contributed by atoms with Crippen LogP contribution in [0.4, 0.5) is 49.6 Å². The Hall–Kier alpha value is -3.48. The molecule has 1 heterocycles. The molecule has 4 rings (SSSR count). The molecule has 0 amide bonds. The van der Waals surface area contributed by atoms with Crippen LogP contribution < -0.4 is 9.64 Å². The van der Waals surface area contributed by atoms with Gasteiger partial charge in [-0.3, -0.25) is 0 Å². The van der Waals surface area contributed by atoms with Crippen molar-refractivity contribution in [2.75, 3.05) is 18.0 Å². The van der Waals surface area contributed by atoms with Gasteiger partial charge in [-0.05, 0) is 59.5 Å². The molecule has 0 bridgehead atoms. The molecule has 1 unspecified atom stereocenters. The average Bonchev–Trinajstić information content (AvgIpc) is 3.11. The Kier molecular flexibility index (Phi) is 7.26. The number of para-hydroxylation sites is 1. The van der Waals surface area contributed by atoms with Crippen molar-refractivity contribution in [3.63, 3.8) is 0 Å². The van der Waals surface area contributed by atoms with Crippen molar-refractivity contribution in [3.8, 4) is 5.75 Å². The molecule has 3 aromatic carbocycles. The molecule has 0 saturated heterocycles. The smallest absolute Gasteiger partial charge is 0.406 e. The molecule has 0 spiro atoms. The topological polar surface area (TPSA) is 32.7 Å². The van der Waals surface area contributed by atoms with E-state index in [1.165, 1.54) is 36.4 Å². The van der Waals surface area contributed by atoms with Crippen LogP contribution in [0, 0.1) is 5.82 Å². The SMILES string of the molecule is O[C@H](CN1CC(Cc2cccc(OC(F)(F)F)c2)(c2cc(F)cc(C(F)(F)F)c2)c2ccccc21)C(F)(F)F. The van der Waals surface area contributed by atoms with Crippen LogP contribution in [0.2, 0.25) is 0 Å². The summed E-state index contributed by atoms with van der Waals surface area (Å²) in [5.74, 6) is -1.89. The number of anilines is 1. The van der Waals surface area contributed by atoms with Crippen molar-refractivity contribution < 1.29 is 53.7 Å². The number of β-amino-alcohol motifs (C(OH)–C–C–N with tert-alkyl or cyclic N) is 1. The van der Waals surface area contributed by atoms with E-state index < -0.39 is 60.5 Å². The van der Waals surface area contributed by atoms with Crippen LogP contribution in [0.5, 0.6) is 5.75 Å². The van der Waals surface area contributed by atoms with Crippen molar-refractivity contribution in [2.24, 2.45) is 0 Å². The maximum atomic E-state index is 14.6. The number of rotatable bonds is 6. The summed E-state index contributed by atoms with van der Waals surface area (Å²) >= 11 is 0. The summed E-state index contributed by atoms with van der Waals surface area (Å²) < 4.78 is 137. The Balaban J connectivity index is 1.89. The van der Waals surface area contributed by atoms with E-state index in [0.717, 1.165) is 23.1 Å². The van der Waals surface area contributed by atoms with Gasteiger partial charge in [0.1, 0.15) is 11.6 Å². The minimum absolute atomic E-state index is 0.127. The molecule has 210 valence electrons. The predicted molar refractivity (Wildman–Crippen MR) is 120 cm³/mol. The second kappa shape index (κ2) is 9.92. The number of benzene rings is 3. The third-order valence-corrected chi connectivity index (χ3v) is 6.41. The number of ether oxygens (including phenoxy) is 1. The van der Waals surface area contributed by atoms with Crippen LogP contribution in [0.25, 0.3) is 0 Å². The molecule has 3 aromatic rings. The van der Waals surface area contributed by atoms with E-state index in [4.69, 9.17) is 0 Å². The summed E-state index contributed by atoms with van der Waals surface area (Å²) in [6, 6.07) is 12.1. The quantitative estimate of drug-likeness (QED) is 0.325. The molecule has 0 aromatic heterocycles. The lowest BCUT2D eigenvalue weighted by Crippen LogP contribution is -2.44. The van der Waals surface area contributed by atoms with E-state index in [-0.39, 0.29) is 34.9 Å². The van der Waals surface area contributed by atoms with Gasteiger partial charge in [0.2, 0.25) is 0 Å². The summed E-state index contributed by atoms with van der Waals surface area (Å²) in [5.41, 5.74) is -2.78. The molecule has 39 heavy (non-hydrogen) atoms. The van der Waals surface area contributed by atoms with Gasteiger partial charge < -0.3 is 14.7 Å². The number of alkyl halides is 9. The maximum absolute atomic E-state index is 14.6. The monoisotopic (exact) mass is 567 g/mol. The summed E-state index contributed by atoms with van der Waals surface area (Å²) in [5, 5.41) is 9.74. The minimum atomic E-state index is -5.04. The van der Waals surface area contributed by atoms with Crippen LogP contribution in [0.15, 0.2) is 66.7 Å². The highest BCUT2D eigenvalue weighted by atomic mass is 19.4. The van der Waals surface area contributed by atoms with Crippen molar-refractivity contribution in [1.29, 1.82) is 0 Å². The van der Waals surface area contributed by atoms with Gasteiger partial charge in [0.05, 0.1) is 12.1 Å². The molecule has 1 aliphatic heterocycles. The highest BCUT2D eigenvalue weighted by Gasteiger charge is 2.48. The average molecular weight is 567 g/mol. The number of halogens is 10. The molecule has 0 saturated carbocycles. The Labute approximate surface area is 215 Å². The molecule has 0 aliphatic carbocycles. The standard InChI is InChI=1S/C26H19F10NO2/c27-18-10-16(9-17(11-18)24(28,29)30)23(12-15-4-3-5-19(8-15)39-26(34,35)36)14-37(13-22(38)25(31,32)33)21-7-2-1-6-20(21)23/h1-11,22,38H,12-14H2/t22-,23?/m1/s1. The van der Waals surface area contributed by atoms with Gasteiger partial charge in [-0.15, -0.1) is 13.2 Å². The fourth-order valence-corrected chi connectivity index (χ4v) is 4.86. The number of hydrogen-bond acceptors (Lipinski definition) is 3. The van der Waals surface area contributed by atoms with Crippen LogP contribution in [-0.4, -0.2) is 36.8 Å². The van der Waals surface area contributed by atoms with Gasteiger partial charge in [-0.25, -0.2) is 4.39 Å². The van der Waals surface area contributed by atoms with Crippen LogP contribution in [0.3, 0.4) is 0 Å². The molecule has 13 heteroatoms. The van der Waals surface area contributed by atoms with Crippen molar-refractivity contribution in [3.05, 3.63) is 94.8 Å². The zero-order valence-corrected chi connectivity index (χ0v) is 19.6. The second-order valence-corrected chi connectivity index (χ2v) is 9.14. The van der Waals surface area contributed by atoms with Crippen molar-refractivity contribution >= 4 is 5.69 Å². The molecule has 0 radical (unpaired) electrons. The van der Waals surface area contributed by atoms with E-state index in [0.29, 0.717) is 6.07 Å². The zero-order valence-electron chi connectivity index (χ0n) is 19.6. The first-order chi connectivity index (χ1) is 18.0. The van der Waals surface area contributed by atoms with Gasteiger partial charge in [0.15, 0.2) is 6.10 Å². The van der Waals surface area contributed by atoms with Gasteiger partial charge >= 0.3 is 18.7 Å². The summed E-state index contributed by atoms with van der Waals surface area (Å²) in [7, 11) is 0. The molecule has 1 N–H and O–H groups in total. The molecule has 0 fully saturated rings. The second-order valence-electron chi connectivity index (χ2n) is 9.14. The maximum Gasteiger partial charge on any atom is 0.573 e. The van der Waals surface area contributed by atoms with E-state index >= 15 is 0 Å². The molecule has 2 atom stereocenters. The lowest BCUT2D eigenvalue weighted by molar-refractivity contribution is -0.274. The molecule has 1 aliphatic rings. The number of fused-ring (bicyclic) bond motifs is 1. The lowest BCUT2D eigenvalue weighted by Gasteiger charge is -2.33. The number of hydrogen-bond donors (Lipinski definition) is 1. The molecular weight excluding hydrogens is 548 g/mol. The van der Waals surface area contributed by atoms with E-state index in [2.05, 4.69) is 4.74 Å². The minimum Gasteiger partial charge on any atom is -0.406 e. The number of aliphatic hydroxyl groups is 1. The molecule has 3 nitrogen and oxygen atoms in total. The fraction of sp³-hybridized carbons (Fsp3) is 0.308. The Bertz CT molecular complexity index is 1340. The zero-order chi connectivity index (χ0) is 28.8. The lowest BCUT2D eigenvalue weighted by atomic mass is 9.71. The summed E-state index contributed by atoms with van der Waals surface area (Å²) in [4.78, 5) is 1.11. The number of nitrogens with zero attached hydrogens (tertiary/aromatic N) is 1. The largest absolute Gasteiger partial charge is 0.573 e. The normalized spacial score (nSPS) is 18.7. The van der Waals surface area contributed by atoms with E-state index in [1.54, 1.807) is 0 Å². The van der Waals surface area contributed by atoms with Crippen molar-refractivity contribution in [1.82, 2.24) is 0 Å². The third kappa shape index (κ3) is 6.23. The Morgan fingerprint density at radius 3 is 2.21 bits per heavy atom.